The minimum atomic E-state index is 0.620. The van der Waals surface area contributed by atoms with Crippen LogP contribution in [0.15, 0.2) is 5.38 Å². The molecular formula is C10H17N3S. The Balaban J connectivity index is 2.14. The fourth-order valence-corrected chi connectivity index (χ4v) is 2.75. The van der Waals surface area contributed by atoms with Crippen LogP contribution in [0, 0.1) is 6.92 Å². The van der Waals surface area contributed by atoms with Gasteiger partial charge in [0.25, 0.3) is 0 Å². The van der Waals surface area contributed by atoms with E-state index >= 15 is 0 Å². The molecule has 4 heteroatoms. The third kappa shape index (κ3) is 1.91. The molecule has 1 fully saturated rings. The van der Waals surface area contributed by atoms with Crippen molar-refractivity contribution in [3.8, 4) is 0 Å². The van der Waals surface area contributed by atoms with Gasteiger partial charge in [-0.2, -0.15) is 0 Å². The second-order valence-corrected chi connectivity index (χ2v) is 4.57. The number of thiazole rings is 1. The lowest BCUT2D eigenvalue weighted by molar-refractivity contribution is 0.465. The summed E-state index contributed by atoms with van der Waals surface area (Å²) in [6.45, 7) is 7.56. The van der Waals surface area contributed by atoms with Gasteiger partial charge in [0, 0.05) is 31.1 Å². The molecule has 14 heavy (non-hydrogen) atoms. The summed E-state index contributed by atoms with van der Waals surface area (Å²) in [5.41, 5.74) is 1.14. The topological polar surface area (TPSA) is 28.2 Å². The van der Waals surface area contributed by atoms with E-state index in [4.69, 9.17) is 0 Å². The highest BCUT2D eigenvalue weighted by Gasteiger charge is 2.22. The van der Waals surface area contributed by atoms with Crippen molar-refractivity contribution in [3.05, 3.63) is 11.1 Å². The highest BCUT2D eigenvalue weighted by atomic mass is 32.1. The molecule has 2 rings (SSSR count). The standard InChI is InChI=1S/C10H17N3S/c1-3-9-6-11-4-5-13(9)10-12-8(2)7-14-10/h7,9,11H,3-6H2,1-2H3. The lowest BCUT2D eigenvalue weighted by atomic mass is 10.1. The molecule has 1 aliphatic heterocycles. The number of hydrogen-bond acceptors (Lipinski definition) is 4. The monoisotopic (exact) mass is 211 g/mol. The van der Waals surface area contributed by atoms with E-state index in [1.807, 2.05) is 0 Å². The normalized spacial score (nSPS) is 22.7. The van der Waals surface area contributed by atoms with Crippen LogP contribution in [0.4, 0.5) is 5.13 Å². The average Bonchev–Trinajstić information content (AvgIpc) is 2.65. The molecule has 0 aromatic carbocycles. The van der Waals surface area contributed by atoms with Crippen LogP contribution in [0.3, 0.4) is 0 Å². The molecule has 1 saturated heterocycles. The summed E-state index contributed by atoms with van der Waals surface area (Å²) >= 11 is 1.76. The first kappa shape index (κ1) is 9.93. The van der Waals surface area contributed by atoms with E-state index in [1.165, 1.54) is 11.6 Å². The molecule has 78 valence electrons. The maximum absolute atomic E-state index is 4.55. The fourth-order valence-electron chi connectivity index (χ4n) is 1.85. The third-order valence-corrected chi connectivity index (χ3v) is 3.67. The van der Waals surface area contributed by atoms with Crippen LogP contribution in [0.5, 0.6) is 0 Å². The first-order valence-electron chi connectivity index (χ1n) is 5.20. The second kappa shape index (κ2) is 4.28. The number of nitrogens with zero attached hydrogens (tertiary/aromatic N) is 2. The molecule has 1 aromatic heterocycles. The quantitative estimate of drug-likeness (QED) is 0.806. The van der Waals surface area contributed by atoms with Gasteiger partial charge in [0.2, 0.25) is 0 Å². The van der Waals surface area contributed by atoms with Crippen molar-refractivity contribution >= 4 is 16.5 Å². The van der Waals surface area contributed by atoms with Crippen molar-refractivity contribution in [1.82, 2.24) is 10.3 Å². The van der Waals surface area contributed by atoms with Crippen LogP contribution in [0.2, 0.25) is 0 Å². The van der Waals surface area contributed by atoms with Gasteiger partial charge in [0.1, 0.15) is 0 Å². The highest BCUT2D eigenvalue weighted by molar-refractivity contribution is 7.13. The van der Waals surface area contributed by atoms with E-state index in [0.29, 0.717) is 6.04 Å². The van der Waals surface area contributed by atoms with Crippen molar-refractivity contribution in [3.63, 3.8) is 0 Å². The summed E-state index contributed by atoms with van der Waals surface area (Å²) < 4.78 is 0. The zero-order valence-electron chi connectivity index (χ0n) is 8.79. The van der Waals surface area contributed by atoms with Gasteiger partial charge in [0.15, 0.2) is 5.13 Å². The van der Waals surface area contributed by atoms with Crippen LogP contribution in [-0.4, -0.2) is 30.7 Å². The zero-order chi connectivity index (χ0) is 9.97. The van der Waals surface area contributed by atoms with Gasteiger partial charge in [-0.1, -0.05) is 6.92 Å². The van der Waals surface area contributed by atoms with E-state index < -0.39 is 0 Å². The van der Waals surface area contributed by atoms with E-state index in [9.17, 15) is 0 Å². The first-order chi connectivity index (χ1) is 6.81. The van der Waals surface area contributed by atoms with Crippen molar-refractivity contribution in [2.24, 2.45) is 0 Å². The van der Waals surface area contributed by atoms with Crippen molar-refractivity contribution < 1.29 is 0 Å². The molecule has 0 radical (unpaired) electrons. The highest BCUT2D eigenvalue weighted by Crippen LogP contribution is 2.23. The Morgan fingerprint density at radius 1 is 1.71 bits per heavy atom. The van der Waals surface area contributed by atoms with Crippen molar-refractivity contribution in [1.29, 1.82) is 0 Å². The van der Waals surface area contributed by atoms with Gasteiger partial charge in [0.05, 0.1) is 5.69 Å². The average molecular weight is 211 g/mol. The van der Waals surface area contributed by atoms with Crippen LogP contribution < -0.4 is 10.2 Å². The van der Waals surface area contributed by atoms with Crippen molar-refractivity contribution in [2.45, 2.75) is 26.3 Å². The van der Waals surface area contributed by atoms with Gasteiger partial charge in [-0.25, -0.2) is 4.98 Å². The predicted octanol–water partition coefficient (Wildman–Crippen LogP) is 1.64. The number of aromatic nitrogens is 1. The summed E-state index contributed by atoms with van der Waals surface area (Å²) in [6.07, 6.45) is 1.19. The molecule has 0 spiro atoms. The van der Waals surface area contributed by atoms with E-state index in [0.717, 1.165) is 25.3 Å². The van der Waals surface area contributed by atoms with Crippen LogP contribution in [0.25, 0.3) is 0 Å². The summed E-state index contributed by atoms with van der Waals surface area (Å²) in [5, 5.41) is 6.75. The van der Waals surface area contributed by atoms with E-state index in [-0.39, 0.29) is 0 Å². The Morgan fingerprint density at radius 3 is 3.21 bits per heavy atom. The zero-order valence-corrected chi connectivity index (χ0v) is 9.60. The maximum Gasteiger partial charge on any atom is 0.185 e. The van der Waals surface area contributed by atoms with Crippen molar-refractivity contribution in [2.75, 3.05) is 24.5 Å². The Labute approximate surface area is 89.1 Å². The van der Waals surface area contributed by atoms with Gasteiger partial charge in [-0.3, -0.25) is 0 Å². The molecule has 1 unspecified atom stereocenters. The number of piperazine rings is 1. The van der Waals surface area contributed by atoms with Crippen LogP contribution in [0.1, 0.15) is 19.0 Å². The van der Waals surface area contributed by atoms with Gasteiger partial charge in [-0.15, -0.1) is 11.3 Å². The molecule has 1 N–H and O–H groups in total. The molecule has 1 atom stereocenters. The maximum atomic E-state index is 4.55. The molecule has 1 aromatic rings. The smallest absolute Gasteiger partial charge is 0.185 e. The Morgan fingerprint density at radius 2 is 2.57 bits per heavy atom. The number of rotatable bonds is 2. The molecular weight excluding hydrogens is 194 g/mol. The SMILES string of the molecule is CCC1CNCCN1c1nc(C)cs1. The molecule has 0 aliphatic carbocycles. The lowest BCUT2D eigenvalue weighted by Gasteiger charge is -2.35. The minimum Gasteiger partial charge on any atom is -0.343 e. The summed E-state index contributed by atoms with van der Waals surface area (Å²) in [7, 11) is 0. The number of nitrogens with one attached hydrogen (secondary N) is 1. The minimum absolute atomic E-state index is 0.620. The number of aryl methyl sites for hydroxylation is 1. The van der Waals surface area contributed by atoms with E-state index in [2.05, 4.69) is 34.4 Å². The summed E-state index contributed by atoms with van der Waals surface area (Å²) in [6, 6.07) is 0.620. The summed E-state index contributed by atoms with van der Waals surface area (Å²) in [4.78, 5) is 6.99. The van der Waals surface area contributed by atoms with Gasteiger partial charge >= 0.3 is 0 Å². The molecule has 2 heterocycles. The van der Waals surface area contributed by atoms with Gasteiger partial charge in [-0.05, 0) is 13.3 Å². The second-order valence-electron chi connectivity index (χ2n) is 3.73. The van der Waals surface area contributed by atoms with E-state index in [1.54, 1.807) is 11.3 Å². The van der Waals surface area contributed by atoms with Crippen LogP contribution in [-0.2, 0) is 0 Å². The lowest BCUT2D eigenvalue weighted by Crippen LogP contribution is -2.51. The number of hydrogen-bond donors (Lipinski definition) is 1. The Hall–Kier alpha value is -0.610. The Kier molecular flexibility index (Phi) is 3.03. The largest absolute Gasteiger partial charge is 0.343 e. The molecule has 0 amide bonds. The predicted molar refractivity (Wildman–Crippen MR) is 61.1 cm³/mol. The molecule has 1 aliphatic rings. The number of anilines is 1. The Bertz CT molecular complexity index is 297. The fraction of sp³-hybridized carbons (Fsp3) is 0.700. The molecule has 0 bridgehead atoms. The summed E-state index contributed by atoms with van der Waals surface area (Å²) in [5.74, 6) is 0. The van der Waals surface area contributed by atoms with Crippen LogP contribution >= 0.6 is 11.3 Å². The molecule has 3 nitrogen and oxygen atoms in total. The third-order valence-electron chi connectivity index (χ3n) is 2.67. The molecule has 0 saturated carbocycles. The first-order valence-corrected chi connectivity index (χ1v) is 6.08. The van der Waals surface area contributed by atoms with Gasteiger partial charge < -0.3 is 10.2 Å².